The largest absolute Gasteiger partial charge is 0.576 e. The van der Waals surface area contributed by atoms with Crippen LogP contribution >= 0.6 is 0 Å². The van der Waals surface area contributed by atoms with Crippen LogP contribution in [-0.2, 0) is 19.7 Å². The third-order valence-corrected chi connectivity index (χ3v) is 5.21. The monoisotopic (exact) mass is 354 g/mol. The van der Waals surface area contributed by atoms with Crippen LogP contribution in [0.4, 0.5) is 0 Å². The first-order valence-corrected chi connectivity index (χ1v) is 10.3. The van der Waals surface area contributed by atoms with Crippen molar-refractivity contribution in [3.8, 4) is 11.5 Å². The van der Waals surface area contributed by atoms with Gasteiger partial charge in [-0.25, -0.2) is 16.8 Å². The van der Waals surface area contributed by atoms with Crippen LogP contribution in [0.2, 0.25) is 0 Å². The summed E-state index contributed by atoms with van der Waals surface area (Å²) < 4.78 is 56.0. The van der Waals surface area contributed by atoms with Crippen molar-refractivity contribution in [2.75, 3.05) is 12.5 Å². The molecule has 23 heavy (non-hydrogen) atoms. The van der Waals surface area contributed by atoms with E-state index in [0.29, 0.717) is 11.5 Å². The summed E-state index contributed by atoms with van der Waals surface area (Å²) in [6.45, 7) is 0. The van der Waals surface area contributed by atoms with Crippen LogP contribution in [0.1, 0.15) is 0 Å². The summed E-state index contributed by atoms with van der Waals surface area (Å²) >= 11 is 0. The first-order chi connectivity index (χ1) is 10.7. The third kappa shape index (κ3) is 5.00. The third-order valence-electron chi connectivity index (χ3n) is 2.95. The molecular weight excluding hydrogens is 339 g/mol. The second-order valence-corrected chi connectivity index (χ2v) is 8.93. The van der Waals surface area contributed by atoms with Gasteiger partial charge in [-0.3, -0.25) is 0 Å². The SMILES string of the molecule is CS(=O)(=O)c1ccc(OBOc2ccc(S(C)(=O)=O)cc2)cc1. The van der Waals surface area contributed by atoms with Crippen LogP contribution in [0.25, 0.3) is 0 Å². The highest BCUT2D eigenvalue weighted by molar-refractivity contribution is 7.91. The van der Waals surface area contributed by atoms with Gasteiger partial charge >= 0.3 is 7.69 Å². The molecule has 2 aromatic rings. The molecule has 9 heteroatoms. The van der Waals surface area contributed by atoms with Crippen LogP contribution in [0.15, 0.2) is 58.3 Å². The molecule has 0 fully saturated rings. The molecule has 0 aromatic heterocycles. The standard InChI is InChI=1S/C14H15BO6S2/c1-22(16,17)13-7-3-11(4-8-13)20-15-21-12-5-9-14(10-6-12)23(2,18)19/h3-10,15H,1-2H3. The first kappa shape index (κ1) is 17.4. The van der Waals surface area contributed by atoms with E-state index in [0.717, 1.165) is 12.5 Å². The number of benzene rings is 2. The van der Waals surface area contributed by atoms with E-state index in [2.05, 4.69) is 0 Å². The molecular formula is C14H15BO6S2. The van der Waals surface area contributed by atoms with Gasteiger partial charge in [0.25, 0.3) is 0 Å². The van der Waals surface area contributed by atoms with E-state index in [-0.39, 0.29) is 17.5 Å². The van der Waals surface area contributed by atoms with Gasteiger partial charge in [0.1, 0.15) is 11.5 Å². The highest BCUT2D eigenvalue weighted by Crippen LogP contribution is 2.17. The van der Waals surface area contributed by atoms with Crippen molar-refractivity contribution in [1.29, 1.82) is 0 Å². The second kappa shape index (κ2) is 6.63. The lowest BCUT2D eigenvalue weighted by atomic mass is 10.3. The fraction of sp³-hybridized carbons (Fsp3) is 0.143. The van der Waals surface area contributed by atoms with E-state index in [1.807, 2.05) is 0 Å². The van der Waals surface area contributed by atoms with Crippen LogP contribution in [-0.4, -0.2) is 37.0 Å². The average molecular weight is 354 g/mol. The van der Waals surface area contributed by atoms with Crippen molar-refractivity contribution in [2.45, 2.75) is 9.79 Å². The van der Waals surface area contributed by atoms with Crippen LogP contribution in [0.3, 0.4) is 0 Å². The summed E-state index contributed by atoms with van der Waals surface area (Å²) in [5, 5.41) is 0. The summed E-state index contributed by atoms with van der Waals surface area (Å²) in [6.07, 6.45) is 2.26. The quantitative estimate of drug-likeness (QED) is 0.725. The van der Waals surface area contributed by atoms with E-state index in [4.69, 9.17) is 9.31 Å². The molecule has 0 unspecified atom stereocenters. The lowest BCUT2D eigenvalue weighted by Gasteiger charge is -2.08. The Kier molecular flexibility index (Phi) is 5.01. The molecule has 0 amide bonds. The van der Waals surface area contributed by atoms with Crippen molar-refractivity contribution < 1.29 is 26.1 Å². The van der Waals surface area contributed by atoms with Crippen molar-refractivity contribution in [2.24, 2.45) is 0 Å². The van der Waals surface area contributed by atoms with E-state index in [1.165, 1.54) is 48.5 Å². The Bertz CT molecular complexity index is 796. The van der Waals surface area contributed by atoms with Gasteiger partial charge in [0, 0.05) is 12.5 Å². The molecule has 0 aliphatic heterocycles. The molecule has 0 spiro atoms. The van der Waals surface area contributed by atoms with Crippen molar-refractivity contribution in [3.05, 3.63) is 48.5 Å². The second-order valence-electron chi connectivity index (χ2n) is 4.89. The van der Waals surface area contributed by atoms with Crippen LogP contribution in [0, 0.1) is 0 Å². The molecule has 6 nitrogen and oxygen atoms in total. The summed E-state index contributed by atoms with van der Waals surface area (Å²) in [6, 6.07) is 11.9. The normalized spacial score (nSPS) is 11.7. The molecule has 0 N–H and O–H groups in total. The maximum atomic E-state index is 11.3. The zero-order chi connectivity index (χ0) is 17.1. The minimum Gasteiger partial charge on any atom is -0.529 e. The van der Waals surface area contributed by atoms with Gasteiger partial charge in [0.2, 0.25) is 0 Å². The fourth-order valence-corrected chi connectivity index (χ4v) is 2.99. The molecule has 0 saturated heterocycles. The maximum Gasteiger partial charge on any atom is 0.576 e. The molecule has 122 valence electrons. The van der Waals surface area contributed by atoms with E-state index < -0.39 is 19.7 Å². The lowest BCUT2D eigenvalue weighted by molar-refractivity contribution is 0.458. The van der Waals surface area contributed by atoms with E-state index in [1.54, 1.807) is 0 Å². The van der Waals surface area contributed by atoms with Crippen LogP contribution < -0.4 is 9.31 Å². The van der Waals surface area contributed by atoms with Gasteiger partial charge in [-0.05, 0) is 48.5 Å². The minimum absolute atomic E-state index is 0.0869. The Hall–Kier alpha value is -2.00. The first-order valence-electron chi connectivity index (χ1n) is 6.52. The molecule has 0 atom stereocenters. The highest BCUT2D eigenvalue weighted by atomic mass is 32.2. The highest BCUT2D eigenvalue weighted by Gasteiger charge is 2.08. The Balaban J connectivity index is 1.92. The van der Waals surface area contributed by atoms with Gasteiger partial charge in [-0.2, -0.15) is 0 Å². The molecule has 0 radical (unpaired) electrons. The molecule has 0 aliphatic rings. The number of rotatable bonds is 6. The Morgan fingerprint density at radius 2 is 0.957 bits per heavy atom. The predicted octanol–water partition coefficient (Wildman–Crippen LogP) is 1.22. The Morgan fingerprint density at radius 1 is 0.652 bits per heavy atom. The van der Waals surface area contributed by atoms with Gasteiger partial charge in [0.05, 0.1) is 9.79 Å². The number of hydrogen-bond donors (Lipinski definition) is 0. The minimum atomic E-state index is -3.24. The molecule has 2 rings (SSSR count). The van der Waals surface area contributed by atoms with E-state index >= 15 is 0 Å². The lowest BCUT2D eigenvalue weighted by Crippen LogP contribution is -2.11. The zero-order valence-electron chi connectivity index (χ0n) is 12.6. The fourth-order valence-electron chi connectivity index (χ4n) is 1.73. The topological polar surface area (TPSA) is 86.7 Å². The van der Waals surface area contributed by atoms with E-state index in [9.17, 15) is 16.8 Å². The smallest absolute Gasteiger partial charge is 0.529 e. The summed E-state index contributed by atoms with van der Waals surface area (Å²) in [5.74, 6) is 0.926. The molecule has 0 saturated carbocycles. The average Bonchev–Trinajstić information content (AvgIpc) is 2.46. The number of sulfone groups is 2. The van der Waals surface area contributed by atoms with Crippen molar-refractivity contribution in [1.82, 2.24) is 0 Å². The maximum absolute atomic E-state index is 11.3. The molecule has 0 bridgehead atoms. The van der Waals surface area contributed by atoms with Crippen molar-refractivity contribution in [3.63, 3.8) is 0 Å². The van der Waals surface area contributed by atoms with Gasteiger partial charge in [-0.1, -0.05) is 0 Å². The molecule has 0 heterocycles. The van der Waals surface area contributed by atoms with Crippen molar-refractivity contribution >= 4 is 27.4 Å². The van der Waals surface area contributed by atoms with Gasteiger partial charge in [0.15, 0.2) is 19.7 Å². The number of hydrogen-bond acceptors (Lipinski definition) is 6. The Morgan fingerprint density at radius 3 is 1.22 bits per heavy atom. The van der Waals surface area contributed by atoms with Gasteiger partial charge < -0.3 is 9.31 Å². The Labute approximate surface area is 136 Å². The van der Waals surface area contributed by atoms with Gasteiger partial charge in [-0.15, -0.1) is 0 Å². The van der Waals surface area contributed by atoms with Crippen LogP contribution in [0.5, 0.6) is 11.5 Å². The zero-order valence-corrected chi connectivity index (χ0v) is 14.2. The summed E-state index contributed by atoms with van der Waals surface area (Å²) in [4.78, 5) is 0.421. The summed E-state index contributed by atoms with van der Waals surface area (Å²) in [7, 11) is -6.56. The molecule has 2 aromatic carbocycles. The molecule has 0 aliphatic carbocycles. The summed E-state index contributed by atoms with van der Waals surface area (Å²) in [5.41, 5.74) is 0. The predicted molar refractivity (Wildman–Crippen MR) is 87.5 cm³/mol.